The van der Waals surface area contributed by atoms with Crippen LogP contribution < -0.4 is 0 Å². The fourth-order valence-electron chi connectivity index (χ4n) is 2.11. The second kappa shape index (κ2) is 7.07. The van der Waals surface area contributed by atoms with Gasteiger partial charge < -0.3 is 4.74 Å². The van der Waals surface area contributed by atoms with E-state index in [9.17, 15) is 4.79 Å². The fourth-order valence-corrected chi connectivity index (χ4v) is 2.32. The van der Waals surface area contributed by atoms with Crippen LogP contribution in [0.25, 0.3) is 0 Å². The summed E-state index contributed by atoms with van der Waals surface area (Å²) in [5, 5.41) is 4.66. The van der Waals surface area contributed by atoms with E-state index in [0.717, 1.165) is 11.1 Å². The van der Waals surface area contributed by atoms with Crippen molar-refractivity contribution in [1.82, 2.24) is 14.8 Å². The van der Waals surface area contributed by atoms with Crippen molar-refractivity contribution >= 4 is 17.6 Å². The van der Waals surface area contributed by atoms with Gasteiger partial charge in [0.2, 0.25) is 0 Å². The molecule has 6 heteroatoms. The Hall–Kier alpha value is -2.66. The zero-order chi connectivity index (χ0) is 16.1. The first-order chi connectivity index (χ1) is 11.2. The average Bonchev–Trinajstić information content (AvgIpc) is 3.06. The van der Waals surface area contributed by atoms with E-state index in [-0.39, 0.29) is 12.6 Å². The van der Waals surface area contributed by atoms with Gasteiger partial charge in [0.15, 0.2) is 0 Å². The molecule has 3 rings (SSSR count). The number of halogens is 1. The number of carbonyl (C=O) groups is 1. The van der Waals surface area contributed by atoms with Crippen molar-refractivity contribution in [3.8, 4) is 0 Å². The molecule has 2 aromatic carbocycles. The number of nitrogens with zero attached hydrogens (tertiary/aromatic N) is 3. The molecule has 0 aliphatic heterocycles. The average molecular weight is 328 g/mol. The lowest BCUT2D eigenvalue weighted by molar-refractivity contribution is 0.0472. The third-order valence-corrected chi connectivity index (χ3v) is 3.49. The van der Waals surface area contributed by atoms with Gasteiger partial charge >= 0.3 is 5.97 Å². The van der Waals surface area contributed by atoms with E-state index in [1.807, 2.05) is 24.3 Å². The van der Waals surface area contributed by atoms with E-state index in [1.165, 1.54) is 6.33 Å². The molecule has 0 amide bonds. The second-order valence-electron chi connectivity index (χ2n) is 5.00. The van der Waals surface area contributed by atoms with Crippen molar-refractivity contribution < 1.29 is 9.53 Å². The number of benzene rings is 2. The highest BCUT2D eigenvalue weighted by Crippen LogP contribution is 2.13. The third kappa shape index (κ3) is 4.17. The summed E-state index contributed by atoms with van der Waals surface area (Å²) < 4.78 is 7.00. The normalized spacial score (nSPS) is 10.5. The minimum absolute atomic E-state index is 0.195. The summed E-state index contributed by atoms with van der Waals surface area (Å²) in [5.41, 5.74) is 2.39. The predicted molar refractivity (Wildman–Crippen MR) is 86.1 cm³/mol. The zero-order valence-electron chi connectivity index (χ0n) is 12.2. The standard InChI is InChI=1S/C17H14ClN3O2/c18-16-3-1-2-14(8-16)10-23-17(22)15-6-4-13(5-7-15)9-21-12-19-11-20-21/h1-8,11-12H,9-10H2. The van der Waals surface area contributed by atoms with Crippen molar-refractivity contribution in [2.24, 2.45) is 0 Å². The molecular formula is C17H14ClN3O2. The Morgan fingerprint density at radius 1 is 1.13 bits per heavy atom. The van der Waals surface area contributed by atoms with Gasteiger partial charge in [-0.1, -0.05) is 35.9 Å². The first-order valence-corrected chi connectivity index (χ1v) is 7.41. The zero-order valence-corrected chi connectivity index (χ0v) is 13.0. The molecule has 23 heavy (non-hydrogen) atoms. The maximum absolute atomic E-state index is 12.0. The summed E-state index contributed by atoms with van der Waals surface area (Å²) in [6.07, 6.45) is 3.13. The third-order valence-electron chi connectivity index (χ3n) is 3.26. The Labute approximate surface area is 138 Å². The van der Waals surface area contributed by atoms with Gasteiger partial charge in [-0.25, -0.2) is 14.5 Å². The molecule has 1 aromatic heterocycles. The molecule has 0 saturated carbocycles. The van der Waals surface area contributed by atoms with Crippen molar-refractivity contribution in [2.45, 2.75) is 13.2 Å². The molecule has 0 spiro atoms. The molecule has 1 heterocycles. The maximum atomic E-state index is 12.0. The van der Waals surface area contributed by atoms with Gasteiger partial charge in [-0.3, -0.25) is 0 Å². The van der Waals surface area contributed by atoms with Crippen LogP contribution in [0, 0.1) is 0 Å². The van der Waals surface area contributed by atoms with E-state index < -0.39 is 0 Å². The SMILES string of the molecule is O=C(OCc1cccc(Cl)c1)c1ccc(Cn2cncn2)cc1. The molecular weight excluding hydrogens is 314 g/mol. The monoisotopic (exact) mass is 327 g/mol. The Morgan fingerprint density at radius 3 is 2.65 bits per heavy atom. The number of hydrogen-bond acceptors (Lipinski definition) is 4. The molecule has 0 aliphatic carbocycles. The Balaban J connectivity index is 1.59. The van der Waals surface area contributed by atoms with E-state index in [1.54, 1.807) is 35.3 Å². The summed E-state index contributed by atoms with van der Waals surface area (Å²) in [5.74, 6) is -0.364. The van der Waals surface area contributed by atoms with Crippen LogP contribution in [0.2, 0.25) is 5.02 Å². The summed E-state index contributed by atoms with van der Waals surface area (Å²) in [6.45, 7) is 0.804. The van der Waals surface area contributed by atoms with Crippen LogP contribution in [-0.4, -0.2) is 20.7 Å². The van der Waals surface area contributed by atoms with Gasteiger partial charge in [0.1, 0.15) is 19.3 Å². The predicted octanol–water partition coefficient (Wildman–Crippen LogP) is 3.34. The molecule has 0 atom stereocenters. The van der Waals surface area contributed by atoms with E-state index >= 15 is 0 Å². The molecule has 3 aromatic rings. The maximum Gasteiger partial charge on any atom is 0.338 e. The second-order valence-corrected chi connectivity index (χ2v) is 5.43. The molecule has 0 radical (unpaired) electrons. The topological polar surface area (TPSA) is 57.0 Å². The van der Waals surface area contributed by atoms with E-state index in [0.29, 0.717) is 17.1 Å². The largest absolute Gasteiger partial charge is 0.457 e. The molecule has 0 fully saturated rings. The molecule has 0 N–H and O–H groups in total. The lowest BCUT2D eigenvalue weighted by Crippen LogP contribution is -2.06. The number of rotatable bonds is 5. The summed E-state index contributed by atoms with van der Waals surface area (Å²) in [7, 11) is 0. The highest BCUT2D eigenvalue weighted by Gasteiger charge is 2.08. The number of hydrogen-bond donors (Lipinski definition) is 0. The van der Waals surface area contributed by atoms with Gasteiger partial charge in [0.05, 0.1) is 12.1 Å². The van der Waals surface area contributed by atoms with Crippen LogP contribution >= 0.6 is 11.6 Å². The van der Waals surface area contributed by atoms with Crippen LogP contribution in [-0.2, 0) is 17.9 Å². The molecule has 5 nitrogen and oxygen atoms in total. The van der Waals surface area contributed by atoms with Crippen molar-refractivity contribution in [3.63, 3.8) is 0 Å². The van der Waals surface area contributed by atoms with E-state index in [4.69, 9.17) is 16.3 Å². The van der Waals surface area contributed by atoms with Gasteiger partial charge in [-0.05, 0) is 35.4 Å². The summed E-state index contributed by atoms with van der Waals surface area (Å²) in [6, 6.07) is 14.5. The number of carbonyl (C=O) groups excluding carboxylic acids is 1. The van der Waals surface area contributed by atoms with Crippen LogP contribution in [0.5, 0.6) is 0 Å². The Morgan fingerprint density at radius 2 is 1.96 bits per heavy atom. The van der Waals surface area contributed by atoms with Crippen LogP contribution in [0.1, 0.15) is 21.5 Å². The van der Waals surface area contributed by atoms with E-state index in [2.05, 4.69) is 10.1 Å². The molecule has 0 unspecified atom stereocenters. The molecule has 116 valence electrons. The van der Waals surface area contributed by atoms with Crippen LogP contribution in [0.3, 0.4) is 0 Å². The molecule has 0 saturated heterocycles. The fraction of sp³-hybridized carbons (Fsp3) is 0.118. The number of ether oxygens (including phenoxy) is 1. The number of esters is 1. The van der Waals surface area contributed by atoms with Crippen LogP contribution in [0.4, 0.5) is 0 Å². The summed E-state index contributed by atoms with van der Waals surface area (Å²) >= 11 is 5.90. The smallest absolute Gasteiger partial charge is 0.338 e. The van der Waals surface area contributed by atoms with Gasteiger partial charge in [0, 0.05) is 5.02 Å². The van der Waals surface area contributed by atoms with Crippen molar-refractivity contribution in [2.75, 3.05) is 0 Å². The first kappa shape index (κ1) is 15.2. The van der Waals surface area contributed by atoms with Crippen molar-refractivity contribution in [1.29, 1.82) is 0 Å². The Bertz CT molecular complexity index is 786. The minimum Gasteiger partial charge on any atom is -0.457 e. The highest BCUT2D eigenvalue weighted by atomic mass is 35.5. The quantitative estimate of drug-likeness (QED) is 0.674. The van der Waals surface area contributed by atoms with Crippen LogP contribution in [0.15, 0.2) is 61.2 Å². The lowest BCUT2D eigenvalue weighted by atomic mass is 10.1. The first-order valence-electron chi connectivity index (χ1n) is 7.03. The molecule has 0 bridgehead atoms. The lowest BCUT2D eigenvalue weighted by Gasteiger charge is -2.06. The van der Waals surface area contributed by atoms with Gasteiger partial charge in [0.25, 0.3) is 0 Å². The highest BCUT2D eigenvalue weighted by molar-refractivity contribution is 6.30. The minimum atomic E-state index is -0.364. The molecule has 0 aliphatic rings. The van der Waals surface area contributed by atoms with Crippen molar-refractivity contribution in [3.05, 3.63) is 82.9 Å². The van der Waals surface area contributed by atoms with Gasteiger partial charge in [-0.15, -0.1) is 0 Å². The van der Waals surface area contributed by atoms with Gasteiger partial charge in [-0.2, -0.15) is 5.10 Å². The Kier molecular flexibility index (Phi) is 4.68. The summed E-state index contributed by atoms with van der Waals surface area (Å²) in [4.78, 5) is 15.9. The number of aromatic nitrogens is 3.